The van der Waals surface area contributed by atoms with Gasteiger partial charge in [0.05, 0.1) is 12.2 Å². The predicted molar refractivity (Wildman–Crippen MR) is 75.5 cm³/mol. The highest BCUT2D eigenvalue weighted by Gasteiger charge is 2.09. The van der Waals surface area contributed by atoms with Gasteiger partial charge in [0.15, 0.2) is 0 Å². The van der Waals surface area contributed by atoms with E-state index in [2.05, 4.69) is 15.9 Å². The van der Waals surface area contributed by atoms with Crippen molar-refractivity contribution in [1.82, 2.24) is 0 Å². The molecule has 0 heterocycles. The SMILES string of the molecule is CCOC(=O)c1ccc(-c2cc(Br)ccc2F)cc1. The fraction of sp³-hybridized carbons (Fsp3) is 0.133. The van der Waals surface area contributed by atoms with Crippen LogP contribution in [0.2, 0.25) is 0 Å². The Bertz CT molecular complexity index is 594. The van der Waals surface area contributed by atoms with Gasteiger partial charge in [0.1, 0.15) is 5.82 Å². The first-order valence-corrected chi connectivity index (χ1v) is 6.63. The summed E-state index contributed by atoms with van der Waals surface area (Å²) in [7, 11) is 0. The summed E-state index contributed by atoms with van der Waals surface area (Å²) in [6.45, 7) is 2.09. The van der Waals surface area contributed by atoms with Crippen LogP contribution in [0.5, 0.6) is 0 Å². The molecule has 4 heteroatoms. The van der Waals surface area contributed by atoms with Crippen LogP contribution in [-0.2, 0) is 4.74 Å². The van der Waals surface area contributed by atoms with E-state index in [0.29, 0.717) is 23.3 Å². The Morgan fingerprint density at radius 1 is 1.21 bits per heavy atom. The normalized spacial score (nSPS) is 10.3. The summed E-state index contributed by atoms with van der Waals surface area (Å²) >= 11 is 3.31. The number of halogens is 2. The van der Waals surface area contributed by atoms with E-state index in [9.17, 15) is 9.18 Å². The molecular formula is C15H12BrFO2. The van der Waals surface area contributed by atoms with Gasteiger partial charge in [0.2, 0.25) is 0 Å². The molecule has 0 atom stereocenters. The molecule has 0 aliphatic heterocycles. The third-order valence-electron chi connectivity index (χ3n) is 2.64. The summed E-state index contributed by atoms with van der Waals surface area (Å²) in [5.41, 5.74) is 1.66. The van der Waals surface area contributed by atoms with E-state index in [-0.39, 0.29) is 11.8 Å². The third-order valence-corrected chi connectivity index (χ3v) is 3.13. The van der Waals surface area contributed by atoms with Crippen molar-refractivity contribution in [2.45, 2.75) is 6.92 Å². The summed E-state index contributed by atoms with van der Waals surface area (Å²) in [5, 5.41) is 0. The highest BCUT2D eigenvalue weighted by atomic mass is 79.9. The molecule has 0 fully saturated rings. The summed E-state index contributed by atoms with van der Waals surface area (Å²) in [5.74, 6) is -0.671. The molecule has 2 nitrogen and oxygen atoms in total. The number of ether oxygens (including phenoxy) is 1. The van der Waals surface area contributed by atoms with Crippen molar-refractivity contribution >= 4 is 21.9 Å². The average Bonchev–Trinajstić information content (AvgIpc) is 2.42. The van der Waals surface area contributed by atoms with Crippen LogP contribution in [-0.4, -0.2) is 12.6 Å². The first-order chi connectivity index (χ1) is 9.11. The van der Waals surface area contributed by atoms with Gasteiger partial charge in [-0.3, -0.25) is 0 Å². The lowest BCUT2D eigenvalue weighted by molar-refractivity contribution is 0.0526. The maximum atomic E-state index is 13.7. The molecule has 2 aromatic rings. The first-order valence-electron chi connectivity index (χ1n) is 5.84. The minimum Gasteiger partial charge on any atom is -0.462 e. The number of benzene rings is 2. The minimum absolute atomic E-state index is 0.299. The Kier molecular flexibility index (Phi) is 4.32. The number of esters is 1. The molecule has 2 rings (SSSR count). The van der Waals surface area contributed by atoms with Crippen LogP contribution >= 0.6 is 15.9 Å². The van der Waals surface area contributed by atoms with Gasteiger partial charge in [-0.2, -0.15) is 0 Å². The van der Waals surface area contributed by atoms with Crippen molar-refractivity contribution in [2.75, 3.05) is 6.61 Å². The average molecular weight is 323 g/mol. The second-order valence-electron chi connectivity index (χ2n) is 3.92. The summed E-state index contributed by atoms with van der Waals surface area (Å²) < 4.78 is 19.4. The summed E-state index contributed by atoms with van der Waals surface area (Å²) in [6, 6.07) is 11.4. The number of hydrogen-bond acceptors (Lipinski definition) is 2. The Morgan fingerprint density at radius 2 is 1.89 bits per heavy atom. The fourth-order valence-corrected chi connectivity index (χ4v) is 2.08. The molecule has 0 amide bonds. The zero-order valence-corrected chi connectivity index (χ0v) is 11.9. The molecule has 2 aromatic carbocycles. The van der Waals surface area contributed by atoms with Crippen LogP contribution in [0.25, 0.3) is 11.1 Å². The monoisotopic (exact) mass is 322 g/mol. The Hall–Kier alpha value is -1.68. The van der Waals surface area contributed by atoms with Crippen molar-refractivity contribution in [2.24, 2.45) is 0 Å². The van der Waals surface area contributed by atoms with Gasteiger partial charge < -0.3 is 4.74 Å². The van der Waals surface area contributed by atoms with Crippen molar-refractivity contribution in [1.29, 1.82) is 0 Å². The topological polar surface area (TPSA) is 26.3 Å². The van der Waals surface area contributed by atoms with Gasteiger partial charge in [-0.15, -0.1) is 0 Å². The second kappa shape index (κ2) is 5.97. The van der Waals surface area contributed by atoms with Gasteiger partial charge in [-0.1, -0.05) is 28.1 Å². The smallest absolute Gasteiger partial charge is 0.338 e. The number of carbonyl (C=O) groups excluding carboxylic acids is 1. The number of carbonyl (C=O) groups is 1. The highest BCUT2D eigenvalue weighted by molar-refractivity contribution is 9.10. The molecule has 19 heavy (non-hydrogen) atoms. The molecule has 0 aliphatic carbocycles. The van der Waals surface area contributed by atoms with E-state index in [1.54, 1.807) is 43.3 Å². The van der Waals surface area contributed by atoms with Crippen molar-refractivity contribution < 1.29 is 13.9 Å². The van der Waals surface area contributed by atoms with E-state index in [4.69, 9.17) is 4.74 Å². The van der Waals surface area contributed by atoms with Gasteiger partial charge in [-0.05, 0) is 42.8 Å². The summed E-state index contributed by atoms with van der Waals surface area (Å²) in [6.07, 6.45) is 0. The Balaban J connectivity index is 2.32. The molecule has 0 saturated heterocycles. The van der Waals surface area contributed by atoms with Gasteiger partial charge >= 0.3 is 5.97 Å². The van der Waals surface area contributed by atoms with Gasteiger partial charge in [0.25, 0.3) is 0 Å². The maximum Gasteiger partial charge on any atom is 0.338 e. The highest BCUT2D eigenvalue weighted by Crippen LogP contribution is 2.26. The molecular weight excluding hydrogens is 311 g/mol. The van der Waals surface area contributed by atoms with Crippen molar-refractivity contribution in [3.05, 3.63) is 58.3 Å². The molecule has 0 saturated carbocycles. The molecule has 0 N–H and O–H groups in total. The molecule has 0 bridgehead atoms. The maximum absolute atomic E-state index is 13.7. The van der Waals surface area contributed by atoms with Crippen LogP contribution in [0.1, 0.15) is 17.3 Å². The van der Waals surface area contributed by atoms with Crippen LogP contribution < -0.4 is 0 Å². The van der Waals surface area contributed by atoms with Gasteiger partial charge in [-0.25, -0.2) is 9.18 Å². The fourth-order valence-electron chi connectivity index (χ4n) is 1.72. The standard InChI is InChI=1S/C15H12BrFO2/c1-2-19-15(18)11-5-3-10(4-6-11)13-9-12(16)7-8-14(13)17/h3-9H,2H2,1H3. The van der Waals surface area contributed by atoms with Crippen LogP contribution in [0, 0.1) is 5.82 Å². The lowest BCUT2D eigenvalue weighted by Gasteiger charge is -2.06. The molecule has 0 radical (unpaired) electrons. The van der Waals surface area contributed by atoms with E-state index in [0.717, 1.165) is 4.47 Å². The summed E-state index contributed by atoms with van der Waals surface area (Å²) in [4.78, 5) is 11.5. The van der Waals surface area contributed by atoms with Crippen LogP contribution in [0.4, 0.5) is 4.39 Å². The molecule has 0 unspecified atom stereocenters. The lowest BCUT2D eigenvalue weighted by Crippen LogP contribution is -2.04. The molecule has 98 valence electrons. The van der Waals surface area contributed by atoms with E-state index < -0.39 is 0 Å². The number of rotatable bonds is 3. The Morgan fingerprint density at radius 3 is 2.53 bits per heavy atom. The zero-order valence-electron chi connectivity index (χ0n) is 10.3. The van der Waals surface area contributed by atoms with Crippen molar-refractivity contribution in [3.63, 3.8) is 0 Å². The predicted octanol–water partition coefficient (Wildman–Crippen LogP) is 4.43. The molecule has 0 aliphatic rings. The Labute approximate surface area is 119 Å². The van der Waals surface area contributed by atoms with Crippen LogP contribution in [0.3, 0.4) is 0 Å². The van der Waals surface area contributed by atoms with E-state index in [1.807, 2.05) is 0 Å². The second-order valence-corrected chi connectivity index (χ2v) is 4.84. The van der Waals surface area contributed by atoms with Crippen LogP contribution in [0.15, 0.2) is 46.9 Å². The van der Waals surface area contributed by atoms with E-state index >= 15 is 0 Å². The van der Waals surface area contributed by atoms with Gasteiger partial charge in [0, 0.05) is 10.0 Å². The van der Waals surface area contributed by atoms with E-state index in [1.165, 1.54) is 6.07 Å². The zero-order chi connectivity index (χ0) is 13.8. The largest absolute Gasteiger partial charge is 0.462 e. The quantitative estimate of drug-likeness (QED) is 0.781. The molecule has 0 aromatic heterocycles. The number of hydrogen-bond donors (Lipinski definition) is 0. The molecule has 0 spiro atoms. The van der Waals surface area contributed by atoms with Crippen molar-refractivity contribution in [3.8, 4) is 11.1 Å². The first kappa shape index (κ1) is 13.7. The lowest BCUT2D eigenvalue weighted by atomic mass is 10.0. The third kappa shape index (κ3) is 3.20. The minimum atomic E-state index is -0.372.